The van der Waals surface area contributed by atoms with E-state index in [2.05, 4.69) is 20.3 Å². The fourth-order valence-corrected chi connectivity index (χ4v) is 1.32. The van der Waals surface area contributed by atoms with Gasteiger partial charge in [0.2, 0.25) is 0 Å². The fraction of sp³-hybridized carbons (Fsp3) is 0.250. The molecular formula is C8H8ClN5. The van der Waals surface area contributed by atoms with Gasteiger partial charge in [0, 0.05) is 12.6 Å². The van der Waals surface area contributed by atoms with Gasteiger partial charge in [-0.05, 0) is 6.92 Å². The summed E-state index contributed by atoms with van der Waals surface area (Å²) in [6.07, 6.45) is 3.07. The zero-order chi connectivity index (χ0) is 10.1. The molecule has 0 atom stereocenters. The quantitative estimate of drug-likeness (QED) is 0.663. The van der Waals surface area contributed by atoms with Gasteiger partial charge < -0.3 is 0 Å². The fourth-order valence-electron chi connectivity index (χ4n) is 1.19. The van der Waals surface area contributed by atoms with Crippen LogP contribution in [0, 0.1) is 6.92 Å². The third kappa shape index (κ3) is 1.35. The van der Waals surface area contributed by atoms with Crippen molar-refractivity contribution in [1.29, 1.82) is 0 Å². The standard InChI is InChI=1S/C8H8ClN5/c1-5-7(10-4-11-8(5)9)6-3-12-13-14(6)2/h3-4H,1-2H3. The Hall–Kier alpha value is -1.49. The molecule has 0 spiro atoms. The molecule has 5 nitrogen and oxygen atoms in total. The Kier molecular flexibility index (Phi) is 2.17. The zero-order valence-corrected chi connectivity index (χ0v) is 8.52. The molecule has 0 saturated heterocycles. The van der Waals surface area contributed by atoms with E-state index in [1.807, 2.05) is 6.92 Å². The average molecular weight is 210 g/mol. The molecule has 0 amide bonds. The molecule has 2 heterocycles. The number of halogens is 1. The highest BCUT2D eigenvalue weighted by molar-refractivity contribution is 6.30. The van der Waals surface area contributed by atoms with Crippen molar-refractivity contribution >= 4 is 11.6 Å². The van der Waals surface area contributed by atoms with Gasteiger partial charge in [0.1, 0.15) is 17.2 Å². The highest BCUT2D eigenvalue weighted by atomic mass is 35.5. The number of hydrogen-bond acceptors (Lipinski definition) is 4. The average Bonchev–Trinajstić information content (AvgIpc) is 2.57. The molecule has 0 aliphatic carbocycles. The second-order valence-electron chi connectivity index (χ2n) is 2.88. The van der Waals surface area contributed by atoms with Gasteiger partial charge in [-0.3, -0.25) is 0 Å². The molecule has 0 unspecified atom stereocenters. The topological polar surface area (TPSA) is 56.5 Å². The maximum Gasteiger partial charge on any atom is 0.136 e. The molecule has 14 heavy (non-hydrogen) atoms. The molecule has 0 aliphatic rings. The lowest BCUT2D eigenvalue weighted by atomic mass is 10.2. The number of hydrogen-bond donors (Lipinski definition) is 0. The highest BCUT2D eigenvalue weighted by Crippen LogP contribution is 2.22. The van der Waals surface area contributed by atoms with Crippen molar-refractivity contribution in [3.05, 3.63) is 23.2 Å². The molecule has 0 radical (unpaired) electrons. The van der Waals surface area contributed by atoms with Crippen molar-refractivity contribution in [2.75, 3.05) is 0 Å². The van der Waals surface area contributed by atoms with Crippen LogP contribution in [-0.4, -0.2) is 25.0 Å². The van der Waals surface area contributed by atoms with Crippen molar-refractivity contribution in [1.82, 2.24) is 25.0 Å². The molecule has 0 aliphatic heterocycles. The molecule has 72 valence electrons. The molecule has 0 bridgehead atoms. The molecule has 2 aromatic rings. The van der Waals surface area contributed by atoms with E-state index < -0.39 is 0 Å². The summed E-state index contributed by atoms with van der Waals surface area (Å²) >= 11 is 5.88. The van der Waals surface area contributed by atoms with Gasteiger partial charge in [-0.2, -0.15) is 0 Å². The Morgan fingerprint density at radius 2 is 2.14 bits per heavy atom. The Morgan fingerprint density at radius 1 is 1.36 bits per heavy atom. The predicted molar refractivity (Wildman–Crippen MR) is 51.8 cm³/mol. The molecule has 0 N–H and O–H groups in total. The Balaban J connectivity index is 2.63. The maximum atomic E-state index is 5.88. The first-order chi connectivity index (χ1) is 6.70. The predicted octanol–water partition coefficient (Wildman–Crippen LogP) is 1.23. The summed E-state index contributed by atoms with van der Waals surface area (Å²) in [4.78, 5) is 8.03. The second kappa shape index (κ2) is 3.34. The SMILES string of the molecule is Cc1c(Cl)ncnc1-c1cnnn1C. The van der Waals surface area contributed by atoms with Crippen LogP contribution in [0.5, 0.6) is 0 Å². The number of rotatable bonds is 1. The van der Waals surface area contributed by atoms with E-state index in [1.54, 1.807) is 17.9 Å². The van der Waals surface area contributed by atoms with Crippen LogP contribution in [0.2, 0.25) is 5.15 Å². The lowest BCUT2D eigenvalue weighted by Gasteiger charge is -2.03. The van der Waals surface area contributed by atoms with Gasteiger partial charge in [0.05, 0.1) is 11.9 Å². The minimum absolute atomic E-state index is 0.455. The molecule has 6 heteroatoms. The molecule has 0 saturated carbocycles. The van der Waals surface area contributed by atoms with Crippen LogP contribution in [0.25, 0.3) is 11.4 Å². The summed E-state index contributed by atoms with van der Waals surface area (Å²) in [6, 6.07) is 0. The Morgan fingerprint density at radius 3 is 2.79 bits per heavy atom. The molecule has 2 aromatic heterocycles. The second-order valence-corrected chi connectivity index (χ2v) is 3.24. The van der Waals surface area contributed by atoms with Crippen LogP contribution >= 0.6 is 11.6 Å². The summed E-state index contributed by atoms with van der Waals surface area (Å²) in [5.41, 5.74) is 2.42. The van der Waals surface area contributed by atoms with Gasteiger partial charge in [-0.25, -0.2) is 14.6 Å². The van der Waals surface area contributed by atoms with Gasteiger partial charge in [0.15, 0.2) is 0 Å². The van der Waals surface area contributed by atoms with Gasteiger partial charge in [0.25, 0.3) is 0 Å². The molecule has 2 rings (SSSR count). The van der Waals surface area contributed by atoms with Crippen LogP contribution < -0.4 is 0 Å². The van der Waals surface area contributed by atoms with E-state index >= 15 is 0 Å². The molecule has 0 aromatic carbocycles. The summed E-state index contributed by atoms with van der Waals surface area (Å²) in [6.45, 7) is 1.87. The van der Waals surface area contributed by atoms with Gasteiger partial charge >= 0.3 is 0 Å². The lowest BCUT2D eigenvalue weighted by Crippen LogP contribution is -1.98. The minimum atomic E-state index is 0.455. The smallest absolute Gasteiger partial charge is 0.136 e. The normalized spacial score (nSPS) is 10.5. The molecular weight excluding hydrogens is 202 g/mol. The van der Waals surface area contributed by atoms with E-state index in [0.29, 0.717) is 5.15 Å². The van der Waals surface area contributed by atoms with Crippen LogP contribution in [0.4, 0.5) is 0 Å². The van der Waals surface area contributed by atoms with Crippen LogP contribution in [0.15, 0.2) is 12.5 Å². The van der Waals surface area contributed by atoms with E-state index in [4.69, 9.17) is 11.6 Å². The molecule has 0 fully saturated rings. The lowest BCUT2D eigenvalue weighted by molar-refractivity contribution is 0.718. The van der Waals surface area contributed by atoms with Crippen LogP contribution in [0.3, 0.4) is 0 Å². The monoisotopic (exact) mass is 209 g/mol. The first-order valence-corrected chi connectivity index (χ1v) is 4.40. The Labute approximate surface area is 85.8 Å². The van der Waals surface area contributed by atoms with Crippen molar-refractivity contribution in [3.8, 4) is 11.4 Å². The van der Waals surface area contributed by atoms with Crippen molar-refractivity contribution in [2.45, 2.75) is 6.92 Å². The van der Waals surface area contributed by atoms with Gasteiger partial charge in [-0.15, -0.1) is 5.10 Å². The van der Waals surface area contributed by atoms with E-state index in [1.165, 1.54) is 6.33 Å². The summed E-state index contributed by atoms with van der Waals surface area (Å²) in [5.74, 6) is 0. The van der Waals surface area contributed by atoms with E-state index in [0.717, 1.165) is 17.0 Å². The van der Waals surface area contributed by atoms with Crippen molar-refractivity contribution in [3.63, 3.8) is 0 Å². The Bertz CT molecular complexity index is 465. The minimum Gasteiger partial charge on any atom is -0.246 e. The van der Waals surface area contributed by atoms with E-state index in [-0.39, 0.29) is 0 Å². The van der Waals surface area contributed by atoms with Crippen LogP contribution in [0.1, 0.15) is 5.56 Å². The highest BCUT2D eigenvalue weighted by Gasteiger charge is 2.10. The summed E-state index contributed by atoms with van der Waals surface area (Å²) in [7, 11) is 1.80. The van der Waals surface area contributed by atoms with E-state index in [9.17, 15) is 0 Å². The van der Waals surface area contributed by atoms with Crippen LogP contribution in [-0.2, 0) is 7.05 Å². The number of nitrogens with zero attached hydrogens (tertiary/aromatic N) is 5. The first kappa shape index (κ1) is 9.08. The number of aromatic nitrogens is 5. The third-order valence-electron chi connectivity index (χ3n) is 1.98. The number of aryl methyl sites for hydroxylation is 1. The largest absolute Gasteiger partial charge is 0.246 e. The maximum absolute atomic E-state index is 5.88. The summed E-state index contributed by atoms with van der Waals surface area (Å²) < 4.78 is 1.64. The first-order valence-electron chi connectivity index (χ1n) is 4.02. The third-order valence-corrected chi connectivity index (χ3v) is 2.36. The van der Waals surface area contributed by atoms with Crippen molar-refractivity contribution in [2.24, 2.45) is 7.05 Å². The van der Waals surface area contributed by atoms with Gasteiger partial charge in [-0.1, -0.05) is 16.8 Å². The van der Waals surface area contributed by atoms with Crippen molar-refractivity contribution < 1.29 is 0 Å². The zero-order valence-electron chi connectivity index (χ0n) is 7.77. The summed E-state index contributed by atoms with van der Waals surface area (Å²) in [5, 5.41) is 8.06.